The maximum atomic E-state index is 13.3. The van der Waals surface area contributed by atoms with Gasteiger partial charge in [0.15, 0.2) is 5.76 Å². The van der Waals surface area contributed by atoms with Crippen LogP contribution in [0.5, 0.6) is 0 Å². The number of halogens is 1. The Morgan fingerprint density at radius 1 is 1.07 bits per heavy atom. The molecule has 0 unspecified atom stereocenters. The van der Waals surface area contributed by atoms with Crippen LogP contribution in [0, 0.1) is 5.82 Å². The summed E-state index contributed by atoms with van der Waals surface area (Å²) in [6, 6.07) is 10.5. The van der Waals surface area contributed by atoms with E-state index in [1.165, 1.54) is 36.7 Å². The highest BCUT2D eigenvalue weighted by atomic mass is 19.1. The second kappa shape index (κ2) is 8.09. The largest absolute Gasteiger partial charge is 0.459 e. The third-order valence-electron chi connectivity index (χ3n) is 4.54. The van der Waals surface area contributed by atoms with Gasteiger partial charge in [0.05, 0.1) is 6.26 Å². The molecule has 0 saturated carbocycles. The van der Waals surface area contributed by atoms with Gasteiger partial charge in [-0.2, -0.15) is 0 Å². The summed E-state index contributed by atoms with van der Waals surface area (Å²) in [6.07, 6.45) is 2.97. The fourth-order valence-electron chi connectivity index (χ4n) is 3.05. The molecule has 2 aromatic heterocycles. The summed E-state index contributed by atoms with van der Waals surface area (Å²) in [5.41, 5.74) is 0.522. The number of hydrogen-bond acceptors (Lipinski definition) is 6. The average molecular weight is 395 g/mol. The summed E-state index contributed by atoms with van der Waals surface area (Å²) < 4.78 is 18.4. The van der Waals surface area contributed by atoms with Crippen molar-refractivity contribution in [2.75, 3.05) is 36.4 Å². The van der Waals surface area contributed by atoms with Gasteiger partial charge >= 0.3 is 0 Å². The summed E-state index contributed by atoms with van der Waals surface area (Å²) in [5, 5.41) is 2.62. The van der Waals surface area contributed by atoms with Gasteiger partial charge in [0.25, 0.3) is 11.8 Å². The lowest BCUT2D eigenvalue weighted by Gasteiger charge is -2.34. The molecule has 0 bridgehead atoms. The van der Waals surface area contributed by atoms with Crippen molar-refractivity contribution in [3.63, 3.8) is 0 Å². The summed E-state index contributed by atoms with van der Waals surface area (Å²) >= 11 is 0. The molecule has 0 aliphatic carbocycles. The molecular formula is C20H18FN5O3. The quantitative estimate of drug-likeness (QED) is 0.730. The van der Waals surface area contributed by atoms with Crippen molar-refractivity contribution < 1.29 is 18.4 Å². The van der Waals surface area contributed by atoms with Gasteiger partial charge in [0.1, 0.15) is 11.5 Å². The Labute approximate surface area is 166 Å². The molecule has 0 radical (unpaired) electrons. The number of carbonyl (C=O) groups is 2. The second-order valence-electron chi connectivity index (χ2n) is 6.46. The minimum atomic E-state index is -0.453. The maximum absolute atomic E-state index is 13.3. The van der Waals surface area contributed by atoms with Crippen LogP contribution in [0.15, 0.2) is 59.3 Å². The van der Waals surface area contributed by atoms with Crippen LogP contribution < -0.4 is 10.2 Å². The zero-order chi connectivity index (χ0) is 20.2. The highest BCUT2D eigenvalue weighted by Crippen LogP contribution is 2.15. The highest BCUT2D eigenvalue weighted by molar-refractivity contribution is 6.03. The Kier molecular flexibility index (Phi) is 5.19. The molecule has 3 heterocycles. The molecule has 0 spiro atoms. The van der Waals surface area contributed by atoms with E-state index in [1.807, 2.05) is 4.90 Å². The van der Waals surface area contributed by atoms with Crippen molar-refractivity contribution in [1.82, 2.24) is 14.9 Å². The molecule has 9 heteroatoms. The first-order valence-corrected chi connectivity index (χ1v) is 9.08. The van der Waals surface area contributed by atoms with Gasteiger partial charge in [0.2, 0.25) is 5.95 Å². The van der Waals surface area contributed by atoms with Crippen LogP contribution in [0.3, 0.4) is 0 Å². The molecule has 2 amide bonds. The van der Waals surface area contributed by atoms with Gasteiger partial charge in [-0.25, -0.2) is 14.4 Å². The number of benzene rings is 1. The first-order chi connectivity index (χ1) is 14.1. The number of hydrogen-bond donors (Lipinski definition) is 1. The van der Waals surface area contributed by atoms with Crippen molar-refractivity contribution in [1.29, 1.82) is 0 Å². The van der Waals surface area contributed by atoms with Gasteiger partial charge in [-0.1, -0.05) is 6.07 Å². The number of anilines is 2. The monoisotopic (exact) mass is 395 g/mol. The summed E-state index contributed by atoms with van der Waals surface area (Å²) in [7, 11) is 0. The standard InChI is InChI=1S/C20H18FN5O3/c21-14-3-1-4-15(13-14)23-18(27)16-6-7-22-20(24-16)26-10-8-25(9-11-26)19(28)17-5-2-12-29-17/h1-7,12-13H,8-11H2,(H,23,27). The van der Waals surface area contributed by atoms with E-state index in [-0.39, 0.29) is 11.6 Å². The number of piperazine rings is 1. The molecular weight excluding hydrogens is 377 g/mol. The number of carbonyl (C=O) groups excluding carboxylic acids is 2. The molecule has 1 saturated heterocycles. The summed E-state index contributed by atoms with van der Waals surface area (Å²) in [4.78, 5) is 36.9. The summed E-state index contributed by atoms with van der Waals surface area (Å²) in [6.45, 7) is 2.04. The van der Waals surface area contributed by atoms with E-state index in [1.54, 1.807) is 23.1 Å². The number of nitrogens with zero attached hydrogens (tertiary/aromatic N) is 4. The highest BCUT2D eigenvalue weighted by Gasteiger charge is 2.25. The molecule has 1 aliphatic rings. The van der Waals surface area contributed by atoms with E-state index in [9.17, 15) is 14.0 Å². The fraction of sp³-hybridized carbons (Fsp3) is 0.200. The molecule has 1 aromatic carbocycles. The third kappa shape index (κ3) is 4.23. The Balaban J connectivity index is 1.40. The molecule has 3 aromatic rings. The number of amides is 2. The number of furan rings is 1. The van der Waals surface area contributed by atoms with Gasteiger partial charge in [-0.3, -0.25) is 9.59 Å². The Bertz CT molecular complexity index is 1020. The van der Waals surface area contributed by atoms with Crippen LogP contribution >= 0.6 is 0 Å². The SMILES string of the molecule is O=C(Nc1cccc(F)c1)c1ccnc(N2CCN(C(=O)c3ccco3)CC2)n1. The van der Waals surface area contributed by atoms with Gasteiger partial charge in [0, 0.05) is 38.1 Å². The maximum Gasteiger partial charge on any atom is 0.289 e. The van der Waals surface area contributed by atoms with Gasteiger partial charge < -0.3 is 19.5 Å². The van der Waals surface area contributed by atoms with Crippen LogP contribution in [-0.4, -0.2) is 52.9 Å². The van der Waals surface area contributed by atoms with E-state index in [4.69, 9.17) is 4.42 Å². The van der Waals surface area contributed by atoms with E-state index >= 15 is 0 Å². The minimum Gasteiger partial charge on any atom is -0.459 e. The fourth-order valence-corrected chi connectivity index (χ4v) is 3.05. The average Bonchev–Trinajstić information content (AvgIpc) is 3.28. The third-order valence-corrected chi connectivity index (χ3v) is 4.54. The predicted octanol–water partition coefficient (Wildman–Crippen LogP) is 2.42. The Hall–Kier alpha value is -3.75. The lowest BCUT2D eigenvalue weighted by Crippen LogP contribution is -2.49. The summed E-state index contributed by atoms with van der Waals surface area (Å²) in [5.74, 6) is -0.328. The molecule has 1 fully saturated rings. The second-order valence-corrected chi connectivity index (χ2v) is 6.46. The molecule has 29 heavy (non-hydrogen) atoms. The first kappa shape index (κ1) is 18.6. The molecule has 148 valence electrons. The van der Waals surface area contributed by atoms with E-state index in [2.05, 4.69) is 15.3 Å². The first-order valence-electron chi connectivity index (χ1n) is 9.08. The zero-order valence-electron chi connectivity index (χ0n) is 15.4. The normalized spacial score (nSPS) is 14.0. The zero-order valence-corrected chi connectivity index (χ0v) is 15.4. The van der Waals surface area contributed by atoms with Gasteiger partial charge in [-0.15, -0.1) is 0 Å². The number of aromatic nitrogens is 2. The van der Waals surface area contributed by atoms with Crippen LogP contribution in [-0.2, 0) is 0 Å². The number of rotatable bonds is 4. The van der Waals surface area contributed by atoms with Crippen LogP contribution in [0.25, 0.3) is 0 Å². The van der Waals surface area contributed by atoms with E-state index < -0.39 is 11.7 Å². The van der Waals surface area contributed by atoms with Crippen molar-refractivity contribution in [3.05, 3.63) is 72.2 Å². The topological polar surface area (TPSA) is 91.6 Å². The molecule has 0 atom stereocenters. The minimum absolute atomic E-state index is 0.154. The Morgan fingerprint density at radius 3 is 2.62 bits per heavy atom. The Morgan fingerprint density at radius 2 is 1.90 bits per heavy atom. The smallest absolute Gasteiger partial charge is 0.289 e. The lowest BCUT2D eigenvalue weighted by atomic mass is 10.3. The van der Waals surface area contributed by atoms with Crippen LogP contribution in [0.1, 0.15) is 21.0 Å². The van der Waals surface area contributed by atoms with E-state index in [0.29, 0.717) is 43.6 Å². The van der Waals surface area contributed by atoms with Crippen LogP contribution in [0.4, 0.5) is 16.0 Å². The van der Waals surface area contributed by atoms with Crippen molar-refractivity contribution >= 4 is 23.5 Å². The van der Waals surface area contributed by atoms with Crippen molar-refractivity contribution in [2.24, 2.45) is 0 Å². The van der Waals surface area contributed by atoms with Crippen molar-refractivity contribution in [3.8, 4) is 0 Å². The lowest BCUT2D eigenvalue weighted by molar-refractivity contribution is 0.0714. The molecule has 8 nitrogen and oxygen atoms in total. The van der Waals surface area contributed by atoms with Crippen LogP contribution in [0.2, 0.25) is 0 Å². The van der Waals surface area contributed by atoms with Gasteiger partial charge in [-0.05, 0) is 36.4 Å². The molecule has 1 aliphatic heterocycles. The van der Waals surface area contributed by atoms with E-state index in [0.717, 1.165) is 0 Å². The predicted molar refractivity (Wildman–Crippen MR) is 103 cm³/mol. The number of nitrogens with one attached hydrogen (secondary N) is 1. The molecule has 4 rings (SSSR count). The molecule has 1 N–H and O–H groups in total. The van der Waals surface area contributed by atoms with Crippen molar-refractivity contribution in [2.45, 2.75) is 0 Å².